The van der Waals surface area contributed by atoms with Crippen LogP contribution in [0.4, 0.5) is 0 Å². The normalized spacial score (nSPS) is 34.0. The molecule has 1 aromatic rings. The van der Waals surface area contributed by atoms with E-state index in [1.807, 2.05) is 0 Å². The average Bonchev–Trinajstić information content (AvgIpc) is 3.09. The first-order valence-electron chi connectivity index (χ1n) is 10.6. The molecule has 6 nitrogen and oxygen atoms in total. The smallest absolute Gasteiger partial charge is 0.165 e. The first kappa shape index (κ1) is 19.4. The molecule has 6 heteroatoms. The molecule has 0 radical (unpaired) electrons. The summed E-state index contributed by atoms with van der Waals surface area (Å²) < 4.78 is 29.2. The molecule has 1 aromatic carbocycles. The third kappa shape index (κ3) is 2.84. The zero-order chi connectivity index (χ0) is 20.0. The van der Waals surface area contributed by atoms with Gasteiger partial charge in [0.15, 0.2) is 11.5 Å². The summed E-state index contributed by atoms with van der Waals surface area (Å²) in [5, 5.41) is 0. The second-order valence-corrected chi connectivity index (χ2v) is 8.56. The number of benzene rings is 1. The molecule has 0 saturated carbocycles. The van der Waals surface area contributed by atoms with Crippen LogP contribution in [0.5, 0.6) is 11.5 Å². The summed E-state index contributed by atoms with van der Waals surface area (Å²) in [7, 11) is 5.66. The molecular weight excluding hydrogens is 370 g/mol. The quantitative estimate of drug-likeness (QED) is 0.492. The van der Waals surface area contributed by atoms with Gasteiger partial charge in [0.25, 0.3) is 0 Å². The molecule has 2 aliphatic carbocycles. The van der Waals surface area contributed by atoms with Crippen LogP contribution in [-0.2, 0) is 26.0 Å². The molecule has 5 rings (SSSR count). The zero-order valence-corrected chi connectivity index (χ0v) is 17.6. The molecule has 2 aliphatic heterocycles. The summed E-state index contributed by atoms with van der Waals surface area (Å²) in [6.45, 7) is 3.38. The molecule has 1 fully saturated rings. The van der Waals surface area contributed by atoms with Gasteiger partial charge in [0, 0.05) is 30.0 Å². The molecule has 1 saturated heterocycles. The summed E-state index contributed by atoms with van der Waals surface area (Å²) in [4.78, 5) is 2.52. The maximum atomic E-state index is 6.66. The van der Waals surface area contributed by atoms with Crippen LogP contribution in [0, 0.1) is 5.92 Å². The third-order valence-corrected chi connectivity index (χ3v) is 7.30. The maximum Gasteiger partial charge on any atom is 0.165 e. The molecule has 0 N–H and O–H groups in total. The van der Waals surface area contributed by atoms with Crippen LogP contribution in [0.1, 0.15) is 17.5 Å². The number of ether oxygens (including phenoxy) is 5. The Morgan fingerprint density at radius 1 is 1.14 bits per heavy atom. The molecule has 2 heterocycles. The van der Waals surface area contributed by atoms with Gasteiger partial charge in [0.2, 0.25) is 0 Å². The van der Waals surface area contributed by atoms with Gasteiger partial charge in [-0.2, -0.15) is 0 Å². The highest BCUT2D eigenvalue weighted by Crippen LogP contribution is 2.62. The van der Waals surface area contributed by atoms with Crippen molar-refractivity contribution >= 4 is 0 Å². The van der Waals surface area contributed by atoms with Crippen molar-refractivity contribution in [3.05, 3.63) is 35.4 Å². The number of likely N-dealkylation sites (N-methyl/N-ethyl adjacent to an activating group) is 1. The van der Waals surface area contributed by atoms with Gasteiger partial charge in [0.05, 0.1) is 33.5 Å². The van der Waals surface area contributed by atoms with E-state index in [-0.39, 0.29) is 17.6 Å². The summed E-state index contributed by atoms with van der Waals surface area (Å²) in [5.41, 5.74) is 2.77. The van der Waals surface area contributed by atoms with E-state index in [1.165, 1.54) is 11.1 Å². The molecule has 29 heavy (non-hydrogen) atoms. The number of hydrogen-bond donors (Lipinski definition) is 0. The van der Waals surface area contributed by atoms with Crippen molar-refractivity contribution in [3.63, 3.8) is 0 Å². The van der Waals surface area contributed by atoms with Gasteiger partial charge in [-0.1, -0.05) is 18.2 Å². The van der Waals surface area contributed by atoms with E-state index in [4.69, 9.17) is 23.7 Å². The fraction of sp³-hybridized carbons (Fsp3) is 0.652. The van der Waals surface area contributed by atoms with Crippen molar-refractivity contribution in [1.29, 1.82) is 0 Å². The van der Waals surface area contributed by atoms with Crippen LogP contribution in [-0.4, -0.2) is 77.4 Å². The number of hydrogen-bond acceptors (Lipinski definition) is 6. The first-order valence-corrected chi connectivity index (χ1v) is 10.6. The minimum Gasteiger partial charge on any atom is -0.493 e. The summed E-state index contributed by atoms with van der Waals surface area (Å²) >= 11 is 0. The molecule has 158 valence electrons. The highest BCUT2D eigenvalue weighted by Gasteiger charge is 2.64. The Morgan fingerprint density at radius 2 is 2.00 bits per heavy atom. The van der Waals surface area contributed by atoms with Crippen LogP contribution >= 0.6 is 0 Å². The molecule has 0 amide bonds. The Balaban J connectivity index is 1.45. The van der Waals surface area contributed by atoms with E-state index in [0.29, 0.717) is 38.4 Å². The van der Waals surface area contributed by atoms with Crippen molar-refractivity contribution in [2.45, 2.75) is 36.5 Å². The van der Waals surface area contributed by atoms with E-state index in [9.17, 15) is 0 Å². The lowest BCUT2D eigenvalue weighted by Crippen LogP contribution is -2.65. The van der Waals surface area contributed by atoms with E-state index in [0.717, 1.165) is 30.9 Å². The Kier molecular flexibility index (Phi) is 5.06. The monoisotopic (exact) mass is 401 g/mol. The highest BCUT2D eigenvalue weighted by atomic mass is 16.6. The van der Waals surface area contributed by atoms with Crippen molar-refractivity contribution in [2.24, 2.45) is 5.92 Å². The van der Waals surface area contributed by atoms with E-state index in [2.05, 4.69) is 36.2 Å². The number of rotatable bonds is 8. The Labute approximate surface area is 172 Å². The van der Waals surface area contributed by atoms with E-state index < -0.39 is 0 Å². The Morgan fingerprint density at radius 3 is 2.83 bits per heavy atom. The van der Waals surface area contributed by atoms with Gasteiger partial charge in [-0.05, 0) is 38.1 Å². The fourth-order valence-electron chi connectivity index (χ4n) is 6.00. The van der Waals surface area contributed by atoms with E-state index >= 15 is 0 Å². The van der Waals surface area contributed by atoms with Crippen LogP contribution in [0.2, 0.25) is 0 Å². The number of nitrogens with zero attached hydrogens (tertiary/aromatic N) is 1. The topological polar surface area (TPSA) is 49.4 Å². The Hall–Kier alpha value is -1.60. The molecular formula is C23H31NO5. The number of likely N-dealkylation sites (tertiary alicyclic amines) is 1. The van der Waals surface area contributed by atoms with Crippen LogP contribution in [0.15, 0.2) is 24.3 Å². The molecule has 5 atom stereocenters. The molecule has 2 bridgehead atoms. The van der Waals surface area contributed by atoms with Crippen molar-refractivity contribution < 1.29 is 23.7 Å². The second kappa shape index (κ2) is 7.58. The van der Waals surface area contributed by atoms with Gasteiger partial charge in [-0.3, -0.25) is 0 Å². The summed E-state index contributed by atoms with van der Waals surface area (Å²) in [5.74, 6) is 2.23. The standard InChI is InChI=1S/C23H31NO5/c1-24-9-8-23-16-5-7-19(28-13-12-27-11-10-25-2)22(23)29-21-18(26-3)6-4-15(20(21)23)14-17(16)24/h4-7,16-17,19,22H,8-14H2,1-3H3/t16?,17?,19-,22-,23-/m0/s1. The molecule has 0 aromatic heterocycles. The largest absolute Gasteiger partial charge is 0.493 e. The van der Waals surface area contributed by atoms with Gasteiger partial charge in [0.1, 0.15) is 12.2 Å². The molecule has 2 unspecified atom stereocenters. The van der Waals surface area contributed by atoms with Crippen LogP contribution in [0.25, 0.3) is 0 Å². The summed E-state index contributed by atoms with van der Waals surface area (Å²) in [6, 6.07) is 4.81. The first-order chi connectivity index (χ1) is 14.2. The van der Waals surface area contributed by atoms with Crippen LogP contribution in [0.3, 0.4) is 0 Å². The zero-order valence-electron chi connectivity index (χ0n) is 17.6. The van der Waals surface area contributed by atoms with E-state index in [1.54, 1.807) is 14.2 Å². The minimum absolute atomic E-state index is 0.0157. The minimum atomic E-state index is -0.0793. The molecule has 1 spiro atoms. The predicted octanol–water partition coefficient (Wildman–Crippen LogP) is 2.19. The number of methoxy groups -OCH3 is 2. The second-order valence-electron chi connectivity index (χ2n) is 8.56. The van der Waals surface area contributed by atoms with Gasteiger partial charge < -0.3 is 28.6 Å². The highest BCUT2D eigenvalue weighted by molar-refractivity contribution is 5.62. The Bertz CT molecular complexity index is 796. The average molecular weight is 402 g/mol. The SMILES string of the molecule is COCCOCCO[C@H]1C=CC2C3Cc4ccc(OC)c5c4[C@@]2(CCN3C)[C@H]1O5. The maximum absolute atomic E-state index is 6.66. The lowest BCUT2D eigenvalue weighted by atomic mass is 9.53. The van der Waals surface area contributed by atoms with Gasteiger partial charge in [-0.15, -0.1) is 0 Å². The van der Waals surface area contributed by atoms with Crippen molar-refractivity contribution in [3.8, 4) is 11.5 Å². The van der Waals surface area contributed by atoms with Crippen molar-refractivity contribution in [2.75, 3.05) is 54.2 Å². The van der Waals surface area contributed by atoms with Crippen molar-refractivity contribution in [1.82, 2.24) is 4.90 Å². The lowest BCUT2D eigenvalue weighted by Gasteiger charge is -2.56. The summed E-state index contributed by atoms with van der Waals surface area (Å²) in [6.07, 6.45) is 6.67. The number of piperidine rings is 1. The lowest BCUT2D eigenvalue weighted by molar-refractivity contribution is -0.0809. The predicted molar refractivity (Wildman–Crippen MR) is 109 cm³/mol. The fourth-order valence-corrected chi connectivity index (χ4v) is 6.00. The van der Waals surface area contributed by atoms with Gasteiger partial charge >= 0.3 is 0 Å². The van der Waals surface area contributed by atoms with Crippen LogP contribution < -0.4 is 9.47 Å². The molecule has 4 aliphatic rings. The van der Waals surface area contributed by atoms with Gasteiger partial charge in [-0.25, -0.2) is 0 Å². The third-order valence-electron chi connectivity index (χ3n) is 7.30.